The zero-order valence-electron chi connectivity index (χ0n) is 10.5. The quantitative estimate of drug-likeness (QED) is 0.781. The van der Waals surface area contributed by atoms with Crippen LogP contribution in [-0.2, 0) is 16.0 Å². The molecule has 0 bridgehead atoms. The van der Waals surface area contributed by atoms with Gasteiger partial charge in [-0.05, 0) is 41.8 Å². The van der Waals surface area contributed by atoms with E-state index in [9.17, 15) is 4.79 Å². The molecule has 2 rings (SSSR count). The first kappa shape index (κ1) is 13.8. The summed E-state index contributed by atoms with van der Waals surface area (Å²) in [6.45, 7) is 4.51. The van der Waals surface area contributed by atoms with Gasteiger partial charge in [-0.1, -0.05) is 0 Å². The molecule has 0 N–H and O–H groups in total. The monoisotopic (exact) mass is 315 g/mol. The maximum Gasteiger partial charge on any atom is 0.250 e. The van der Waals surface area contributed by atoms with Crippen molar-refractivity contribution < 1.29 is 9.47 Å². The van der Waals surface area contributed by atoms with Crippen molar-refractivity contribution in [1.29, 1.82) is 0 Å². The summed E-state index contributed by atoms with van der Waals surface area (Å²) in [4.78, 5) is 11.7. The maximum absolute atomic E-state index is 11.7. The molecule has 0 spiro atoms. The number of ether oxygens (including phenoxy) is 2. The van der Waals surface area contributed by atoms with Gasteiger partial charge in [0.15, 0.2) is 0 Å². The van der Waals surface area contributed by atoms with Crippen LogP contribution in [0.15, 0.2) is 21.4 Å². The summed E-state index contributed by atoms with van der Waals surface area (Å²) in [5.74, 6) is 0. The van der Waals surface area contributed by atoms with Crippen LogP contribution in [0.2, 0.25) is 0 Å². The fraction of sp³-hybridized carbons (Fsp3) is 0.615. The van der Waals surface area contributed by atoms with Crippen LogP contribution in [0.5, 0.6) is 0 Å². The van der Waals surface area contributed by atoms with Crippen LogP contribution in [0.3, 0.4) is 0 Å². The van der Waals surface area contributed by atoms with E-state index in [0.717, 1.165) is 29.6 Å². The molecular formula is C13H18BrNO3. The fourth-order valence-electron chi connectivity index (χ4n) is 2.07. The topological polar surface area (TPSA) is 40.5 Å². The van der Waals surface area contributed by atoms with E-state index in [4.69, 9.17) is 9.47 Å². The van der Waals surface area contributed by atoms with E-state index < -0.39 is 0 Å². The first-order valence-corrected chi connectivity index (χ1v) is 7.03. The molecule has 0 saturated carbocycles. The normalized spacial score (nSPS) is 19.3. The van der Waals surface area contributed by atoms with Gasteiger partial charge in [-0.15, -0.1) is 0 Å². The first-order valence-electron chi connectivity index (χ1n) is 6.24. The summed E-state index contributed by atoms with van der Waals surface area (Å²) < 4.78 is 13.7. The molecular weight excluding hydrogens is 298 g/mol. The summed E-state index contributed by atoms with van der Waals surface area (Å²) in [6, 6.07) is 3.35. The highest BCUT2D eigenvalue weighted by atomic mass is 79.9. The summed E-state index contributed by atoms with van der Waals surface area (Å²) >= 11 is 3.42. The van der Waals surface area contributed by atoms with Crippen molar-refractivity contribution in [2.24, 2.45) is 0 Å². The van der Waals surface area contributed by atoms with Crippen LogP contribution in [0.25, 0.3) is 0 Å². The minimum atomic E-state index is 0.0106. The van der Waals surface area contributed by atoms with Gasteiger partial charge >= 0.3 is 0 Å². The van der Waals surface area contributed by atoms with Gasteiger partial charge in [-0.2, -0.15) is 0 Å². The Bertz CT molecular complexity index is 452. The molecule has 0 aliphatic carbocycles. The van der Waals surface area contributed by atoms with E-state index in [1.54, 1.807) is 16.7 Å². The molecule has 1 aromatic heterocycles. The smallest absolute Gasteiger partial charge is 0.250 e. The molecule has 0 aromatic carbocycles. The molecule has 1 atom stereocenters. The molecule has 0 radical (unpaired) electrons. The Kier molecular flexibility index (Phi) is 4.97. The standard InChI is InChI=1S/C13H18BrNO3/c1-10-12(14)4-5-13(16)15(10)6-8-17-9-11-3-2-7-18-11/h4-5,11H,2-3,6-9H2,1H3/t11-/m0/s1. The van der Waals surface area contributed by atoms with Crippen molar-refractivity contribution in [3.8, 4) is 0 Å². The largest absolute Gasteiger partial charge is 0.377 e. The number of rotatable bonds is 5. The first-order chi connectivity index (χ1) is 8.68. The van der Waals surface area contributed by atoms with Crippen LogP contribution >= 0.6 is 15.9 Å². The third kappa shape index (κ3) is 3.43. The molecule has 2 heterocycles. The van der Waals surface area contributed by atoms with Crippen LogP contribution in [-0.4, -0.2) is 30.5 Å². The van der Waals surface area contributed by atoms with Crippen molar-refractivity contribution in [1.82, 2.24) is 4.57 Å². The average Bonchev–Trinajstić information content (AvgIpc) is 2.86. The van der Waals surface area contributed by atoms with E-state index >= 15 is 0 Å². The second-order valence-electron chi connectivity index (χ2n) is 4.47. The molecule has 18 heavy (non-hydrogen) atoms. The summed E-state index contributed by atoms with van der Waals surface area (Å²) in [6.07, 6.45) is 2.44. The number of nitrogens with zero attached hydrogens (tertiary/aromatic N) is 1. The summed E-state index contributed by atoms with van der Waals surface area (Å²) in [7, 11) is 0. The van der Waals surface area contributed by atoms with Gasteiger partial charge in [0.25, 0.3) is 5.56 Å². The zero-order valence-corrected chi connectivity index (χ0v) is 12.1. The summed E-state index contributed by atoms with van der Waals surface area (Å²) in [5.41, 5.74) is 0.944. The van der Waals surface area contributed by atoms with Crippen molar-refractivity contribution in [3.05, 3.63) is 32.7 Å². The number of aromatic nitrogens is 1. The highest BCUT2D eigenvalue weighted by Crippen LogP contribution is 2.13. The lowest BCUT2D eigenvalue weighted by atomic mass is 10.2. The van der Waals surface area contributed by atoms with Crippen molar-refractivity contribution in [2.45, 2.75) is 32.4 Å². The third-order valence-corrected chi connectivity index (χ3v) is 4.01. The Morgan fingerprint density at radius 3 is 3.11 bits per heavy atom. The zero-order chi connectivity index (χ0) is 13.0. The number of halogens is 1. The number of hydrogen-bond acceptors (Lipinski definition) is 3. The Balaban J connectivity index is 1.82. The number of hydrogen-bond donors (Lipinski definition) is 0. The van der Waals surface area contributed by atoms with Gasteiger partial charge in [0, 0.05) is 29.4 Å². The predicted molar refractivity (Wildman–Crippen MR) is 72.9 cm³/mol. The molecule has 100 valence electrons. The molecule has 4 nitrogen and oxygen atoms in total. The lowest BCUT2D eigenvalue weighted by Crippen LogP contribution is -2.25. The van der Waals surface area contributed by atoms with E-state index in [1.807, 2.05) is 6.92 Å². The van der Waals surface area contributed by atoms with E-state index in [2.05, 4.69) is 15.9 Å². The van der Waals surface area contributed by atoms with Crippen LogP contribution < -0.4 is 5.56 Å². The maximum atomic E-state index is 11.7. The predicted octanol–water partition coefficient (Wildman–Crippen LogP) is 2.11. The highest BCUT2D eigenvalue weighted by Gasteiger charge is 2.15. The van der Waals surface area contributed by atoms with Crippen molar-refractivity contribution in [3.63, 3.8) is 0 Å². The van der Waals surface area contributed by atoms with Gasteiger partial charge in [0.05, 0.1) is 19.3 Å². The Labute approximate surface area is 115 Å². The van der Waals surface area contributed by atoms with Gasteiger partial charge < -0.3 is 14.0 Å². The third-order valence-electron chi connectivity index (χ3n) is 3.18. The molecule has 1 saturated heterocycles. The molecule has 0 amide bonds. The second kappa shape index (κ2) is 6.50. The molecule has 1 aromatic rings. The minimum absolute atomic E-state index is 0.0106. The van der Waals surface area contributed by atoms with Crippen LogP contribution in [0, 0.1) is 6.92 Å². The van der Waals surface area contributed by atoms with Gasteiger partial charge in [0.2, 0.25) is 0 Å². The molecule has 5 heteroatoms. The lowest BCUT2D eigenvalue weighted by Gasteiger charge is -2.13. The van der Waals surface area contributed by atoms with E-state index in [-0.39, 0.29) is 11.7 Å². The molecule has 0 unspecified atom stereocenters. The van der Waals surface area contributed by atoms with Gasteiger partial charge in [-0.3, -0.25) is 4.79 Å². The fourth-order valence-corrected chi connectivity index (χ4v) is 2.42. The Morgan fingerprint density at radius 1 is 1.56 bits per heavy atom. The second-order valence-corrected chi connectivity index (χ2v) is 5.32. The van der Waals surface area contributed by atoms with Gasteiger partial charge in [0.1, 0.15) is 0 Å². The Hall–Kier alpha value is -0.650. The van der Waals surface area contributed by atoms with Crippen molar-refractivity contribution >= 4 is 15.9 Å². The van der Waals surface area contributed by atoms with Gasteiger partial charge in [-0.25, -0.2) is 0 Å². The molecule has 1 fully saturated rings. The van der Waals surface area contributed by atoms with Crippen LogP contribution in [0.4, 0.5) is 0 Å². The van der Waals surface area contributed by atoms with Crippen LogP contribution in [0.1, 0.15) is 18.5 Å². The highest BCUT2D eigenvalue weighted by molar-refractivity contribution is 9.10. The molecule has 1 aliphatic rings. The Morgan fingerprint density at radius 2 is 2.39 bits per heavy atom. The average molecular weight is 316 g/mol. The lowest BCUT2D eigenvalue weighted by molar-refractivity contribution is 0.0145. The number of pyridine rings is 1. The van der Waals surface area contributed by atoms with Crippen molar-refractivity contribution in [2.75, 3.05) is 19.8 Å². The van der Waals surface area contributed by atoms with E-state index in [0.29, 0.717) is 19.8 Å². The minimum Gasteiger partial charge on any atom is -0.377 e. The molecule has 1 aliphatic heterocycles. The van der Waals surface area contributed by atoms with E-state index in [1.165, 1.54) is 0 Å². The SMILES string of the molecule is Cc1c(Br)ccc(=O)n1CCOC[C@@H]1CCCO1. The summed E-state index contributed by atoms with van der Waals surface area (Å²) in [5, 5.41) is 0.